The minimum absolute atomic E-state index is 0.438. The maximum atomic E-state index is 4.37. The summed E-state index contributed by atoms with van der Waals surface area (Å²) in [5.74, 6) is 2.57. The molecule has 1 atom stereocenters. The summed E-state index contributed by atoms with van der Waals surface area (Å²) in [4.78, 5) is 8.73. The summed E-state index contributed by atoms with van der Waals surface area (Å²) in [6.45, 7) is 9.12. The molecule has 1 aromatic heterocycles. The number of aliphatic imine (C=N–C) groups is 1. The van der Waals surface area contributed by atoms with Crippen molar-refractivity contribution in [2.45, 2.75) is 39.9 Å². The van der Waals surface area contributed by atoms with Crippen molar-refractivity contribution in [3.05, 3.63) is 18.2 Å². The molecule has 0 spiro atoms. The molecule has 2 N–H and O–H groups in total. The predicted octanol–water partition coefficient (Wildman–Crippen LogP) is 0.976. The van der Waals surface area contributed by atoms with E-state index in [0.717, 1.165) is 31.4 Å². The number of rotatable bonds is 4. The van der Waals surface area contributed by atoms with Gasteiger partial charge in [0.05, 0.1) is 13.1 Å². The van der Waals surface area contributed by atoms with Gasteiger partial charge in [-0.25, -0.2) is 4.98 Å². The summed E-state index contributed by atoms with van der Waals surface area (Å²) in [5, 5.41) is 6.56. The summed E-state index contributed by atoms with van der Waals surface area (Å²) in [6, 6.07) is 0.438. The zero-order valence-electron chi connectivity index (χ0n) is 10.8. The Labute approximate surface area is 102 Å². The molecule has 0 amide bonds. The molecule has 1 aliphatic rings. The molecule has 0 saturated heterocycles. The Kier molecular flexibility index (Phi) is 3.66. The first-order chi connectivity index (χ1) is 8.15. The largest absolute Gasteiger partial charge is 0.352 e. The van der Waals surface area contributed by atoms with E-state index in [4.69, 9.17) is 0 Å². The summed E-state index contributed by atoms with van der Waals surface area (Å²) in [6.07, 6.45) is 3.88. The van der Waals surface area contributed by atoms with E-state index in [0.29, 0.717) is 12.0 Å². The van der Waals surface area contributed by atoms with Crippen LogP contribution in [-0.4, -0.2) is 28.1 Å². The lowest BCUT2D eigenvalue weighted by molar-refractivity contribution is 0.503. The Morgan fingerprint density at radius 2 is 2.41 bits per heavy atom. The lowest BCUT2D eigenvalue weighted by Gasteiger charge is -2.12. The quantitative estimate of drug-likeness (QED) is 0.818. The molecule has 2 heterocycles. The Bertz CT molecular complexity index is 393. The number of hydrogen-bond donors (Lipinski definition) is 2. The van der Waals surface area contributed by atoms with Crippen LogP contribution in [0.5, 0.6) is 0 Å². The van der Waals surface area contributed by atoms with Crippen LogP contribution < -0.4 is 10.6 Å². The average Bonchev–Trinajstić information content (AvgIpc) is 2.84. The molecule has 17 heavy (non-hydrogen) atoms. The molecular weight excluding hydrogens is 214 g/mol. The second-order valence-corrected chi connectivity index (χ2v) is 4.98. The van der Waals surface area contributed by atoms with Crippen molar-refractivity contribution in [2.75, 3.05) is 6.54 Å². The van der Waals surface area contributed by atoms with E-state index < -0.39 is 0 Å². The van der Waals surface area contributed by atoms with Crippen LogP contribution in [0.2, 0.25) is 0 Å². The number of nitrogens with zero attached hydrogens (tertiary/aromatic N) is 3. The number of guanidine groups is 1. The molecule has 0 radical (unpaired) electrons. The lowest BCUT2D eigenvalue weighted by atomic mass is 10.2. The molecule has 0 aliphatic carbocycles. The van der Waals surface area contributed by atoms with E-state index in [1.165, 1.54) is 0 Å². The van der Waals surface area contributed by atoms with E-state index >= 15 is 0 Å². The SMILES string of the molecule is CC(C)Cn1ccnc1CNC1=NCC(C)N1. The maximum absolute atomic E-state index is 4.37. The molecule has 0 bridgehead atoms. The van der Waals surface area contributed by atoms with Crippen LogP contribution in [0.25, 0.3) is 0 Å². The molecule has 0 aromatic carbocycles. The van der Waals surface area contributed by atoms with Crippen LogP contribution in [0.3, 0.4) is 0 Å². The fourth-order valence-electron chi connectivity index (χ4n) is 1.89. The fourth-order valence-corrected chi connectivity index (χ4v) is 1.89. The molecule has 0 saturated carbocycles. The molecule has 0 fully saturated rings. The average molecular weight is 235 g/mol. The van der Waals surface area contributed by atoms with Crippen molar-refractivity contribution in [2.24, 2.45) is 10.9 Å². The van der Waals surface area contributed by atoms with E-state index in [-0.39, 0.29) is 0 Å². The third-order valence-corrected chi connectivity index (χ3v) is 2.68. The summed E-state index contributed by atoms with van der Waals surface area (Å²) in [5.41, 5.74) is 0. The van der Waals surface area contributed by atoms with Crippen molar-refractivity contribution >= 4 is 5.96 Å². The van der Waals surface area contributed by atoms with Crippen molar-refractivity contribution in [1.29, 1.82) is 0 Å². The van der Waals surface area contributed by atoms with Crippen molar-refractivity contribution in [3.8, 4) is 0 Å². The molecule has 5 heteroatoms. The van der Waals surface area contributed by atoms with Gasteiger partial charge in [-0.15, -0.1) is 0 Å². The van der Waals surface area contributed by atoms with Crippen molar-refractivity contribution in [3.63, 3.8) is 0 Å². The third-order valence-electron chi connectivity index (χ3n) is 2.68. The molecule has 5 nitrogen and oxygen atoms in total. The van der Waals surface area contributed by atoms with Gasteiger partial charge in [-0.1, -0.05) is 13.8 Å². The molecule has 94 valence electrons. The highest BCUT2D eigenvalue weighted by molar-refractivity contribution is 5.81. The van der Waals surface area contributed by atoms with Gasteiger partial charge in [-0.3, -0.25) is 4.99 Å². The Balaban J connectivity index is 1.88. The monoisotopic (exact) mass is 235 g/mol. The highest BCUT2D eigenvalue weighted by Gasteiger charge is 2.12. The highest BCUT2D eigenvalue weighted by Crippen LogP contribution is 2.03. The van der Waals surface area contributed by atoms with Crippen LogP contribution in [0, 0.1) is 5.92 Å². The topological polar surface area (TPSA) is 54.2 Å². The van der Waals surface area contributed by atoms with Gasteiger partial charge in [0.15, 0.2) is 5.96 Å². The van der Waals surface area contributed by atoms with Crippen molar-refractivity contribution < 1.29 is 0 Å². The minimum atomic E-state index is 0.438. The van der Waals surface area contributed by atoms with Gasteiger partial charge in [0.25, 0.3) is 0 Å². The van der Waals surface area contributed by atoms with Gasteiger partial charge in [0.1, 0.15) is 5.82 Å². The van der Waals surface area contributed by atoms with E-state index in [1.54, 1.807) is 0 Å². The minimum Gasteiger partial charge on any atom is -0.352 e. The number of hydrogen-bond acceptors (Lipinski definition) is 4. The molecule has 1 aliphatic heterocycles. The van der Waals surface area contributed by atoms with Crippen LogP contribution in [0.15, 0.2) is 17.4 Å². The van der Waals surface area contributed by atoms with E-state index in [1.807, 2.05) is 12.4 Å². The van der Waals surface area contributed by atoms with Crippen molar-refractivity contribution in [1.82, 2.24) is 20.2 Å². The zero-order valence-corrected chi connectivity index (χ0v) is 10.8. The molecule has 2 rings (SSSR count). The van der Waals surface area contributed by atoms with Gasteiger partial charge >= 0.3 is 0 Å². The van der Waals surface area contributed by atoms with Crippen LogP contribution >= 0.6 is 0 Å². The second-order valence-electron chi connectivity index (χ2n) is 4.98. The van der Waals surface area contributed by atoms with Crippen LogP contribution in [0.1, 0.15) is 26.6 Å². The Morgan fingerprint density at radius 3 is 3.06 bits per heavy atom. The van der Waals surface area contributed by atoms with Gasteiger partial charge in [-0.2, -0.15) is 0 Å². The number of imidazole rings is 1. The molecule has 1 aromatic rings. The third kappa shape index (κ3) is 3.22. The summed E-state index contributed by atoms with van der Waals surface area (Å²) in [7, 11) is 0. The van der Waals surface area contributed by atoms with Gasteiger partial charge in [0, 0.05) is 25.0 Å². The van der Waals surface area contributed by atoms with E-state index in [2.05, 4.69) is 45.9 Å². The predicted molar refractivity (Wildman–Crippen MR) is 68.8 cm³/mol. The lowest BCUT2D eigenvalue weighted by Crippen LogP contribution is -2.37. The fraction of sp³-hybridized carbons (Fsp3) is 0.667. The normalized spacial score (nSPS) is 19.3. The van der Waals surface area contributed by atoms with E-state index in [9.17, 15) is 0 Å². The molecular formula is C12H21N5. The molecule has 1 unspecified atom stereocenters. The number of nitrogens with one attached hydrogen (secondary N) is 2. The standard InChI is InChI=1S/C12H21N5/c1-9(2)8-17-5-4-13-11(17)7-15-12-14-6-10(3)16-12/h4-5,9-10H,6-8H2,1-3H3,(H2,14,15,16). The Morgan fingerprint density at radius 1 is 1.59 bits per heavy atom. The smallest absolute Gasteiger partial charge is 0.191 e. The first-order valence-electron chi connectivity index (χ1n) is 6.20. The number of aromatic nitrogens is 2. The summed E-state index contributed by atoms with van der Waals surface area (Å²) >= 11 is 0. The first kappa shape index (κ1) is 12.0. The maximum Gasteiger partial charge on any atom is 0.191 e. The summed E-state index contributed by atoms with van der Waals surface area (Å²) < 4.78 is 2.19. The van der Waals surface area contributed by atoms with Crippen LogP contribution in [0.4, 0.5) is 0 Å². The zero-order chi connectivity index (χ0) is 12.3. The first-order valence-corrected chi connectivity index (χ1v) is 6.20. The van der Waals surface area contributed by atoms with Crippen LogP contribution in [-0.2, 0) is 13.1 Å². The second kappa shape index (κ2) is 5.21. The highest BCUT2D eigenvalue weighted by atomic mass is 15.2. The van der Waals surface area contributed by atoms with Gasteiger partial charge < -0.3 is 15.2 Å². The van der Waals surface area contributed by atoms with Gasteiger partial charge in [-0.05, 0) is 12.8 Å². The Hall–Kier alpha value is -1.52. The van der Waals surface area contributed by atoms with Gasteiger partial charge in [0.2, 0.25) is 0 Å².